The van der Waals surface area contributed by atoms with E-state index in [9.17, 15) is 0 Å². The predicted molar refractivity (Wildman–Crippen MR) is 86.5 cm³/mol. The normalized spacial score (nSPS) is 24.3. The average molecular weight is 301 g/mol. The fourth-order valence-electron chi connectivity index (χ4n) is 2.42. The van der Waals surface area contributed by atoms with Gasteiger partial charge in [-0.3, -0.25) is 0 Å². The molecule has 0 fully saturated rings. The van der Waals surface area contributed by atoms with E-state index in [1.165, 1.54) is 0 Å². The first kappa shape index (κ1) is 15.0. The van der Waals surface area contributed by atoms with Gasteiger partial charge in [0.2, 0.25) is 11.8 Å². The van der Waals surface area contributed by atoms with Gasteiger partial charge in [0.25, 0.3) is 0 Å². The maximum absolute atomic E-state index is 5.70. The minimum Gasteiger partial charge on any atom is -0.474 e. The Morgan fingerprint density at radius 1 is 0.864 bits per heavy atom. The van der Waals surface area contributed by atoms with Crippen LogP contribution in [0.15, 0.2) is 28.2 Å². The molecule has 0 saturated heterocycles. The van der Waals surface area contributed by atoms with E-state index in [0.717, 1.165) is 11.4 Å². The minimum atomic E-state index is 0.214. The summed E-state index contributed by atoms with van der Waals surface area (Å²) in [5.74, 6) is 2.18. The molecule has 0 N–H and O–H groups in total. The zero-order valence-electron chi connectivity index (χ0n) is 13.6. The van der Waals surface area contributed by atoms with Crippen molar-refractivity contribution in [2.75, 3.05) is 13.2 Å². The summed E-state index contributed by atoms with van der Waals surface area (Å²) in [6, 6.07) is 6.21. The van der Waals surface area contributed by atoms with Gasteiger partial charge in [-0.15, -0.1) is 0 Å². The van der Waals surface area contributed by atoms with Gasteiger partial charge in [-0.2, -0.15) is 0 Å². The maximum atomic E-state index is 5.70. The second-order valence-electron chi connectivity index (χ2n) is 6.52. The average Bonchev–Trinajstić information content (AvgIpc) is 3.17. The highest BCUT2D eigenvalue weighted by Crippen LogP contribution is 2.19. The minimum absolute atomic E-state index is 0.214. The summed E-state index contributed by atoms with van der Waals surface area (Å²) in [6.07, 6.45) is 0. The number of pyridine rings is 1. The highest BCUT2D eigenvalue weighted by molar-refractivity contribution is 5.97. The summed E-state index contributed by atoms with van der Waals surface area (Å²) >= 11 is 0. The van der Waals surface area contributed by atoms with E-state index in [1.807, 2.05) is 18.2 Å². The first-order valence-corrected chi connectivity index (χ1v) is 7.93. The topological polar surface area (TPSA) is 56.1 Å². The Labute approximate surface area is 131 Å². The molecule has 3 heterocycles. The predicted octanol–water partition coefficient (Wildman–Crippen LogP) is 2.68. The molecule has 2 aliphatic rings. The lowest BCUT2D eigenvalue weighted by Gasteiger charge is -2.06. The van der Waals surface area contributed by atoms with Crippen LogP contribution in [0.25, 0.3) is 0 Å². The molecule has 3 rings (SSSR count). The van der Waals surface area contributed by atoms with Gasteiger partial charge in [-0.25, -0.2) is 15.0 Å². The first-order chi connectivity index (χ1) is 10.5. The van der Waals surface area contributed by atoms with Crippen LogP contribution in [0, 0.1) is 11.8 Å². The first-order valence-electron chi connectivity index (χ1n) is 7.93. The van der Waals surface area contributed by atoms with Crippen LogP contribution in [0.5, 0.6) is 0 Å². The highest BCUT2D eigenvalue weighted by atomic mass is 16.5. The van der Waals surface area contributed by atoms with Crippen molar-refractivity contribution >= 4 is 11.8 Å². The summed E-state index contributed by atoms with van der Waals surface area (Å²) in [5.41, 5.74) is 1.50. The molecule has 0 saturated carbocycles. The lowest BCUT2D eigenvalue weighted by molar-refractivity contribution is 0.290. The van der Waals surface area contributed by atoms with Crippen LogP contribution in [0.1, 0.15) is 39.1 Å². The van der Waals surface area contributed by atoms with Gasteiger partial charge in [-0.1, -0.05) is 33.8 Å². The van der Waals surface area contributed by atoms with Crippen molar-refractivity contribution < 1.29 is 9.47 Å². The molecule has 2 atom stereocenters. The van der Waals surface area contributed by atoms with Crippen LogP contribution in [-0.2, 0) is 9.47 Å². The van der Waals surface area contributed by atoms with Crippen molar-refractivity contribution in [1.29, 1.82) is 0 Å². The fraction of sp³-hybridized carbons (Fsp3) is 0.588. The van der Waals surface area contributed by atoms with E-state index in [4.69, 9.17) is 9.47 Å². The molecule has 0 amide bonds. The van der Waals surface area contributed by atoms with Crippen molar-refractivity contribution in [2.45, 2.75) is 39.8 Å². The van der Waals surface area contributed by atoms with Gasteiger partial charge in [0.1, 0.15) is 24.6 Å². The molecule has 0 bridgehead atoms. The third kappa shape index (κ3) is 2.98. The Bertz CT molecular complexity index is 558. The van der Waals surface area contributed by atoms with Crippen LogP contribution in [0.2, 0.25) is 0 Å². The molecule has 0 radical (unpaired) electrons. The van der Waals surface area contributed by atoms with Gasteiger partial charge >= 0.3 is 0 Å². The molecule has 1 aromatic heterocycles. The molecule has 0 aromatic carbocycles. The van der Waals surface area contributed by atoms with Crippen LogP contribution in [-0.4, -0.2) is 42.1 Å². The highest BCUT2D eigenvalue weighted by Gasteiger charge is 2.26. The quantitative estimate of drug-likeness (QED) is 0.859. The SMILES string of the molecule is CC(C)C1COC(c2cccc(C3=N[C@@H](C(C)C)CO3)n2)=N1. The van der Waals surface area contributed by atoms with Crippen LogP contribution < -0.4 is 0 Å². The van der Waals surface area contributed by atoms with Crippen molar-refractivity contribution in [2.24, 2.45) is 21.8 Å². The smallest absolute Gasteiger partial charge is 0.235 e. The molecular weight excluding hydrogens is 278 g/mol. The van der Waals surface area contributed by atoms with E-state index < -0.39 is 0 Å². The Morgan fingerprint density at radius 3 is 1.68 bits per heavy atom. The van der Waals surface area contributed by atoms with Crippen molar-refractivity contribution in [1.82, 2.24) is 4.98 Å². The van der Waals surface area contributed by atoms with E-state index in [1.54, 1.807) is 0 Å². The van der Waals surface area contributed by atoms with E-state index in [2.05, 4.69) is 42.7 Å². The largest absolute Gasteiger partial charge is 0.474 e. The molecule has 5 heteroatoms. The Kier molecular flexibility index (Phi) is 4.14. The van der Waals surface area contributed by atoms with E-state index in [0.29, 0.717) is 36.8 Å². The number of nitrogens with zero attached hydrogens (tertiary/aromatic N) is 3. The van der Waals surface area contributed by atoms with Gasteiger partial charge in [0.15, 0.2) is 0 Å². The maximum Gasteiger partial charge on any atom is 0.235 e. The van der Waals surface area contributed by atoms with Crippen LogP contribution >= 0.6 is 0 Å². The Morgan fingerprint density at radius 2 is 1.32 bits per heavy atom. The number of hydrogen-bond acceptors (Lipinski definition) is 5. The van der Waals surface area contributed by atoms with E-state index >= 15 is 0 Å². The van der Waals surface area contributed by atoms with Gasteiger partial charge in [0, 0.05) is 0 Å². The number of aromatic nitrogens is 1. The molecule has 1 unspecified atom stereocenters. The molecule has 0 spiro atoms. The number of rotatable bonds is 4. The number of aliphatic imine (C=N–C) groups is 2. The molecule has 1 aromatic rings. The lowest BCUT2D eigenvalue weighted by Crippen LogP contribution is -2.13. The van der Waals surface area contributed by atoms with E-state index in [-0.39, 0.29) is 12.1 Å². The van der Waals surface area contributed by atoms with Gasteiger partial charge < -0.3 is 9.47 Å². The third-order valence-corrected chi connectivity index (χ3v) is 4.07. The summed E-state index contributed by atoms with van der Waals surface area (Å²) in [7, 11) is 0. The zero-order chi connectivity index (χ0) is 15.7. The molecule has 22 heavy (non-hydrogen) atoms. The standard InChI is InChI=1S/C17H23N3O2/c1-10(2)14-8-21-16(19-14)12-6-5-7-13(18-12)17-20-15(9-22-17)11(3)4/h5-7,10-11,14-15H,8-9H2,1-4H3/t14-,15?/m1/s1. The summed E-state index contributed by atoms with van der Waals surface area (Å²) in [6.45, 7) is 9.86. The Balaban J connectivity index is 1.82. The molecule has 118 valence electrons. The number of hydrogen-bond donors (Lipinski definition) is 0. The monoisotopic (exact) mass is 301 g/mol. The molecule has 0 aliphatic carbocycles. The molecule has 5 nitrogen and oxygen atoms in total. The lowest BCUT2D eigenvalue weighted by atomic mass is 10.1. The van der Waals surface area contributed by atoms with Crippen LogP contribution in [0.4, 0.5) is 0 Å². The second kappa shape index (κ2) is 6.07. The summed E-state index contributed by atoms with van der Waals surface area (Å²) in [5, 5.41) is 0. The third-order valence-electron chi connectivity index (χ3n) is 4.07. The molecular formula is C17H23N3O2. The van der Waals surface area contributed by atoms with Crippen LogP contribution in [0.3, 0.4) is 0 Å². The van der Waals surface area contributed by atoms with Gasteiger partial charge in [0.05, 0.1) is 12.1 Å². The van der Waals surface area contributed by atoms with Gasteiger partial charge in [-0.05, 0) is 24.0 Å². The van der Waals surface area contributed by atoms with Crippen molar-refractivity contribution in [3.63, 3.8) is 0 Å². The zero-order valence-corrected chi connectivity index (χ0v) is 13.6. The number of ether oxygens (including phenoxy) is 2. The van der Waals surface area contributed by atoms with Crippen molar-refractivity contribution in [3.8, 4) is 0 Å². The Hall–Kier alpha value is -1.91. The van der Waals surface area contributed by atoms with Crippen molar-refractivity contribution in [3.05, 3.63) is 29.6 Å². The fourth-order valence-corrected chi connectivity index (χ4v) is 2.42. The molecule has 2 aliphatic heterocycles. The summed E-state index contributed by atoms with van der Waals surface area (Å²) in [4.78, 5) is 13.9. The second-order valence-corrected chi connectivity index (χ2v) is 6.52. The summed E-state index contributed by atoms with van der Waals surface area (Å²) < 4.78 is 11.4.